The van der Waals surface area contributed by atoms with Gasteiger partial charge in [0.15, 0.2) is 5.16 Å². The van der Waals surface area contributed by atoms with E-state index < -0.39 is 0 Å². The SMILES string of the molecule is Cc1nnc(S[C@H](C)C(=O)Nc2ccc(N3CCOCC3)cc2)n1C. The highest BCUT2D eigenvalue weighted by Crippen LogP contribution is 2.23. The third kappa shape index (κ3) is 4.32. The molecule has 1 fully saturated rings. The molecule has 1 aromatic carbocycles. The Bertz CT molecular complexity index is 725. The van der Waals surface area contributed by atoms with E-state index in [1.54, 1.807) is 0 Å². The summed E-state index contributed by atoms with van der Waals surface area (Å²) in [6, 6.07) is 7.94. The zero-order valence-corrected chi connectivity index (χ0v) is 15.5. The van der Waals surface area contributed by atoms with Crippen LogP contribution in [0.25, 0.3) is 0 Å². The molecule has 0 bridgehead atoms. The Labute approximate surface area is 151 Å². The Morgan fingerprint density at radius 2 is 1.92 bits per heavy atom. The van der Waals surface area contributed by atoms with Crippen molar-refractivity contribution < 1.29 is 9.53 Å². The Balaban J connectivity index is 1.57. The average Bonchev–Trinajstić information content (AvgIpc) is 2.95. The first-order chi connectivity index (χ1) is 12.0. The summed E-state index contributed by atoms with van der Waals surface area (Å²) in [5, 5.41) is 11.5. The number of hydrogen-bond donors (Lipinski definition) is 1. The fourth-order valence-electron chi connectivity index (χ4n) is 2.52. The first-order valence-corrected chi connectivity index (χ1v) is 9.19. The number of anilines is 2. The first kappa shape index (κ1) is 17.8. The molecule has 7 nitrogen and oxygen atoms in total. The van der Waals surface area contributed by atoms with Crippen LogP contribution in [0.1, 0.15) is 12.7 Å². The lowest BCUT2D eigenvalue weighted by atomic mass is 10.2. The lowest BCUT2D eigenvalue weighted by molar-refractivity contribution is -0.115. The molecule has 2 aromatic rings. The highest BCUT2D eigenvalue weighted by molar-refractivity contribution is 8.00. The fourth-order valence-corrected chi connectivity index (χ4v) is 3.38. The molecule has 2 heterocycles. The summed E-state index contributed by atoms with van der Waals surface area (Å²) in [6.45, 7) is 7.07. The smallest absolute Gasteiger partial charge is 0.237 e. The number of carbonyl (C=O) groups excluding carboxylic acids is 1. The number of nitrogens with one attached hydrogen (secondary N) is 1. The fraction of sp³-hybridized carbons (Fsp3) is 0.471. The van der Waals surface area contributed by atoms with E-state index in [0.717, 1.165) is 48.7 Å². The van der Waals surface area contributed by atoms with Crippen LogP contribution in [-0.4, -0.2) is 52.2 Å². The van der Waals surface area contributed by atoms with Gasteiger partial charge in [-0.2, -0.15) is 0 Å². The minimum absolute atomic E-state index is 0.0511. The van der Waals surface area contributed by atoms with Crippen molar-refractivity contribution in [2.24, 2.45) is 7.05 Å². The molecule has 25 heavy (non-hydrogen) atoms. The molecule has 0 aliphatic carbocycles. The topological polar surface area (TPSA) is 72.3 Å². The molecule has 0 spiro atoms. The van der Waals surface area contributed by atoms with Crippen molar-refractivity contribution in [3.63, 3.8) is 0 Å². The number of morpholine rings is 1. The molecule has 0 radical (unpaired) electrons. The highest BCUT2D eigenvalue weighted by Gasteiger charge is 2.18. The Hall–Kier alpha value is -2.06. The molecule has 1 aliphatic rings. The van der Waals surface area contributed by atoms with Crippen LogP contribution in [-0.2, 0) is 16.6 Å². The standard InChI is InChI=1S/C17H23N5O2S/c1-12(25-17-20-19-13(2)21(17)3)16(23)18-14-4-6-15(7-5-14)22-8-10-24-11-9-22/h4-7,12H,8-11H2,1-3H3,(H,18,23)/t12-/m1/s1. The second-order valence-corrected chi connectivity index (χ2v) is 7.29. The van der Waals surface area contributed by atoms with Crippen molar-refractivity contribution in [3.05, 3.63) is 30.1 Å². The van der Waals surface area contributed by atoms with Crippen LogP contribution < -0.4 is 10.2 Å². The van der Waals surface area contributed by atoms with Crippen molar-refractivity contribution in [2.75, 3.05) is 36.5 Å². The monoisotopic (exact) mass is 361 g/mol. The van der Waals surface area contributed by atoms with Gasteiger partial charge in [0.05, 0.1) is 18.5 Å². The van der Waals surface area contributed by atoms with Crippen LogP contribution in [0.2, 0.25) is 0 Å². The second-order valence-electron chi connectivity index (χ2n) is 5.98. The lowest BCUT2D eigenvalue weighted by Crippen LogP contribution is -2.36. The van der Waals surface area contributed by atoms with E-state index in [0.29, 0.717) is 0 Å². The minimum atomic E-state index is -0.263. The number of aryl methyl sites for hydroxylation is 1. The molecule has 3 rings (SSSR count). The minimum Gasteiger partial charge on any atom is -0.378 e. The molecule has 0 unspecified atom stereocenters. The largest absolute Gasteiger partial charge is 0.378 e. The lowest BCUT2D eigenvalue weighted by Gasteiger charge is -2.28. The zero-order chi connectivity index (χ0) is 17.8. The summed E-state index contributed by atoms with van der Waals surface area (Å²) in [5.74, 6) is 0.776. The van der Waals surface area contributed by atoms with Crippen LogP contribution in [0, 0.1) is 6.92 Å². The van der Waals surface area contributed by atoms with Crippen LogP contribution in [0.4, 0.5) is 11.4 Å². The first-order valence-electron chi connectivity index (χ1n) is 8.31. The number of thioether (sulfide) groups is 1. The summed E-state index contributed by atoms with van der Waals surface area (Å²) in [6.07, 6.45) is 0. The van der Waals surface area contributed by atoms with Gasteiger partial charge in [0, 0.05) is 31.5 Å². The maximum Gasteiger partial charge on any atom is 0.237 e. The van der Waals surface area contributed by atoms with Crippen LogP contribution in [0.3, 0.4) is 0 Å². The quantitative estimate of drug-likeness (QED) is 0.822. The third-order valence-corrected chi connectivity index (χ3v) is 5.35. The van der Waals surface area contributed by atoms with E-state index in [1.165, 1.54) is 11.8 Å². The van der Waals surface area contributed by atoms with Crippen LogP contribution in [0.5, 0.6) is 0 Å². The summed E-state index contributed by atoms with van der Waals surface area (Å²) >= 11 is 1.40. The summed E-state index contributed by atoms with van der Waals surface area (Å²) in [5.41, 5.74) is 1.95. The summed E-state index contributed by atoms with van der Waals surface area (Å²) in [7, 11) is 1.90. The van der Waals surface area contributed by atoms with Gasteiger partial charge in [-0.3, -0.25) is 4.79 Å². The predicted molar refractivity (Wildman–Crippen MR) is 99.2 cm³/mol. The summed E-state index contributed by atoms with van der Waals surface area (Å²) in [4.78, 5) is 14.7. The van der Waals surface area contributed by atoms with Gasteiger partial charge in [-0.1, -0.05) is 11.8 Å². The predicted octanol–water partition coefficient (Wildman–Crippen LogP) is 2.08. The van der Waals surface area contributed by atoms with Crippen molar-refractivity contribution in [1.82, 2.24) is 14.8 Å². The number of amides is 1. The summed E-state index contributed by atoms with van der Waals surface area (Å²) < 4.78 is 7.25. The third-order valence-electron chi connectivity index (χ3n) is 4.22. The number of rotatable bonds is 5. The van der Waals surface area contributed by atoms with E-state index in [9.17, 15) is 4.79 Å². The van der Waals surface area contributed by atoms with E-state index in [1.807, 2.05) is 49.7 Å². The molecule has 1 aromatic heterocycles. The van der Waals surface area contributed by atoms with Crippen molar-refractivity contribution in [2.45, 2.75) is 24.3 Å². The van der Waals surface area contributed by atoms with E-state index in [-0.39, 0.29) is 11.2 Å². The van der Waals surface area contributed by atoms with Gasteiger partial charge in [0.25, 0.3) is 0 Å². The Morgan fingerprint density at radius 3 is 2.52 bits per heavy atom. The average molecular weight is 361 g/mol. The number of nitrogens with zero attached hydrogens (tertiary/aromatic N) is 4. The maximum absolute atomic E-state index is 12.4. The van der Waals surface area contributed by atoms with E-state index in [4.69, 9.17) is 4.74 Å². The molecule has 1 saturated heterocycles. The van der Waals surface area contributed by atoms with Gasteiger partial charge in [0.1, 0.15) is 5.82 Å². The Morgan fingerprint density at radius 1 is 1.24 bits per heavy atom. The van der Waals surface area contributed by atoms with Crippen molar-refractivity contribution in [3.8, 4) is 0 Å². The maximum atomic E-state index is 12.4. The number of ether oxygens (including phenoxy) is 1. The van der Waals surface area contributed by atoms with Gasteiger partial charge < -0.3 is 19.5 Å². The van der Waals surface area contributed by atoms with Gasteiger partial charge >= 0.3 is 0 Å². The number of benzene rings is 1. The van der Waals surface area contributed by atoms with Gasteiger partial charge in [-0.25, -0.2) is 0 Å². The van der Waals surface area contributed by atoms with Crippen molar-refractivity contribution in [1.29, 1.82) is 0 Å². The zero-order valence-electron chi connectivity index (χ0n) is 14.7. The molecule has 8 heteroatoms. The molecular weight excluding hydrogens is 338 g/mol. The molecule has 134 valence electrons. The van der Waals surface area contributed by atoms with E-state index >= 15 is 0 Å². The van der Waals surface area contributed by atoms with Gasteiger partial charge in [-0.05, 0) is 38.1 Å². The van der Waals surface area contributed by atoms with Crippen LogP contribution >= 0.6 is 11.8 Å². The molecule has 1 atom stereocenters. The van der Waals surface area contributed by atoms with Crippen LogP contribution in [0.15, 0.2) is 29.4 Å². The molecular formula is C17H23N5O2S. The van der Waals surface area contributed by atoms with Crippen molar-refractivity contribution >= 4 is 29.0 Å². The second kappa shape index (κ2) is 7.88. The van der Waals surface area contributed by atoms with Gasteiger partial charge in [-0.15, -0.1) is 10.2 Å². The number of hydrogen-bond acceptors (Lipinski definition) is 6. The van der Waals surface area contributed by atoms with Gasteiger partial charge in [0.2, 0.25) is 5.91 Å². The molecule has 0 saturated carbocycles. The van der Waals surface area contributed by atoms with E-state index in [2.05, 4.69) is 20.4 Å². The Kier molecular flexibility index (Phi) is 5.60. The molecule has 1 N–H and O–H groups in total. The normalized spacial score (nSPS) is 15.9. The number of carbonyl (C=O) groups is 1. The molecule has 1 aliphatic heterocycles. The highest BCUT2D eigenvalue weighted by atomic mass is 32.2. The number of aromatic nitrogens is 3. The molecule has 1 amide bonds.